The maximum Gasteiger partial charge on any atom is 0.270 e. The van der Waals surface area contributed by atoms with E-state index in [-0.39, 0.29) is 34.1 Å². The van der Waals surface area contributed by atoms with E-state index in [0.29, 0.717) is 0 Å². The molecule has 1 aromatic carbocycles. The molecule has 1 heterocycles. The van der Waals surface area contributed by atoms with Gasteiger partial charge in [0.15, 0.2) is 0 Å². The van der Waals surface area contributed by atoms with Crippen LogP contribution in [0.2, 0.25) is 5.02 Å². The summed E-state index contributed by atoms with van der Waals surface area (Å²) < 4.78 is 0. The lowest BCUT2D eigenvalue weighted by Crippen LogP contribution is -2.50. The Labute approximate surface area is 178 Å². The number of thiophene rings is 1. The summed E-state index contributed by atoms with van der Waals surface area (Å²) in [5, 5.41) is 16.4. The number of carbonyl (C=O) groups is 2. The molecule has 0 unspecified atom stereocenters. The number of nitrogens with zero attached hydrogens (tertiary/aromatic N) is 1. The van der Waals surface area contributed by atoms with E-state index in [9.17, 15) is 19.7 Å². The van der Waals surface area contributed by atoms with Crippen LogP contribution in [0.15, 0.2) is 24.3 Å². The van der Waals surface area contributed by atoms with Crippen LogP contribution in [-0.2, 0) is 4.79 Å². The van der Waals surface area contributed by atoms with Crippen LogP contribution >= 0.6 is 22.9 Å². The Morgan fingerprint density at radius 3 is 2.28 bits per heavy atom. The molecule has 9 heteroatoms. The highest BCUT2D eigenvalue weighted by Gasteiger charge is 2.27. The maximum absolute atomic E-state index is 12.8. The molecule has 2 N–H and O–H groups in total. The Morgan fingerprint density at radius 1 is 1.14 bits per heavy atom. The van der Waals surface area contributed by atoms with Crippen molar-refractivity contribution in [2.45, 2.75) is 46.7 Å². The Balaban J connectivity index is 2.15. The van der Waals surface area contributed by atoms with Crippen molar-refractivity contribution < 1.29 is 14.5 Å². The van der Waals surface area contributed by atoms with E-state index in [4.69, 9.17) is 11.6 Å². The van der Waals surface area contributed by atoms with Gasteiger partial charge >= 0.3 is 0 Å². The van der Waals surface area contributed by atoms with E-state index < -0.39 is 16.9 Å². The summed E-state index contributed by atoms with van der Waals surface area (Å²) in [5.41, 5.74) is 0.918. The van der Waals surface area contributed by atoms with Crippen LogP contribution < -0.4 is 10.6 Å². The number of amides is 2. The molecular formula is C20H24ClN3O4S. The van der Waals surface area contributed by atoms with Gasteiger partial charge in [-0.15, -0.1) is 11.3 Å². The Hall–Kier alpha value is -2.45. The van der Waals surface area contributed by atoms with Crippen molar-refractivity contribution in [3.8, 4) is 0 Å². The summed E-state index contributed by atoms with van der Waals surface area (Å²) >= 11 is 7.70. The summed E-state index contributed by atoms with van der Waals surface area (Å²) in [6, 6.07) is 4.67. The van der Waals surface area contributed by atoms with Crippen molar-refractivity contribution in [3.05, 3.63) is 60.3 Å². The van der Waals surface area contributed by atoms with Gasteiger partial charge in [-0.1, -0.05) is 25.4 Å². The third-order valence-corrected chi connectivity index (χ3v) is 5.84. The fourth-order valence-corrected chi connectivity index (χ4v) is 4.30. The molecular weight excluding hydrogens is 414 g/mol. The standard InChI is InChI=1S/C20H24ClN3O4S/c1-10(2)18(20(26)22-12(4)16-8-11(3)29-13(16)5)23-19(25)15-7-6-14(24(27)28)9-17(15)21/h6-10,12,18H,1-5H3,(H,22,26)(H,23,25)/t12-,18+/m0/s1. The molecule has 0 saturated heterocycles. The predicted molar refractivity (Wildman–Crippen MR) is 115 cm³/mol. The van der Waals surface area contributed by atoms with Crippen molar-refractivity contribution in [2.24, 2.45) is 5.92 Å². The van der Waals surface area contributed by atoms with Crippen LogP contribution in [0.3, 0.4) is 0 Å². The molecule has 2 atom stereocenters. The summed E-state index contributed by atoms with van der Waals surface area (Å²) in [5.74, 6) is -1.04. The first kappa shape index (κ1) is 22.8. The van der Waals surface area contributed by atoms with Gasteiger partial charge in [0.2, 0.25) is 5.91 Å². The molecule has 0 radical (unpaired) electrons. The minimum Gasteiger partial charge on any atom is -0.348 e. The first-order chi connectivity index (χ1) is 13.5. The minimum atomic E-state index is -0.781. The van der Waals surface area contributed by atoms with E-state index >= 15 is 0 Å². The molecule has 0 spiro atoms. The van der Waals surface area contributed by atoms with E-state index in [0.717, 1.165) is 16.5 Å². The first-order valence-electron chi connectivity index (χ1n) is 9.13. The number of rotatable bonds is 7. The summed E-state index contributed by atoms with van der Waals surface area (Å²) in [6.45, 7) is 9.58. The molecule has 0 fully saturated rings. The molecule has 156 valence electrons. The highest BCUT2D eigenvalue weighted by molar-refractivity contribution is 7.12. The quantitative estimate of drug-likeness (QED) is 0.489. The highest BCUT2D eigenvalue weighted by Crippen LogP contribution is 2.26. The van der Waals surface area contributed by atoms with E-state index in [1.54, 1.807) is 11.3 Å². The summed E-state index contributed by atoms with van der Waals surface area (Å²) in [6.07, 6.45) is 0. The molecule has 2 amide bonds. The topological polar surface area (TPSA) is 101 Å². The first-order valence-corrected chi connectivity index (χ1v) is 10.3. The molecule has 7 nitrogen and oxygen atoms in total. The monoisotopic (exact) mass is 437 g/mol. The van der Waals surface area contributed by atoms with Crippen LogP contribution in [0.25, 0.3) is 0 Å². The zero-order valence-electron chi connectivity index (χ0n) is 16.9. The molecule has 0 aliphatic carbocycles. The van der Waals surface area contributed by atoms with Crippen LogP contribution in [0.4, 0.5) is 5.69 Å². The molecule has 29 heavy (non-hydrogen) atoms. The predicted octanol–water partition coefficient (Wildman–Crippen LogP) is 4.56. The average molecular weight is 438 g/mol. The fourth-order valence-electron chi connectivity index (χ4n) is 3.02. The number of benzene rings is 1. The van der Waals surface area contributed by atoms with Gasteiger partial charge in [-0.2, -0.15) is 0 Å². The van der Waals surface area contributed by atoms with Gasteiger partial charge in [-0.05, 0) is 44.4 Å². The minimum absolute atomic E-state index is 0.0441. The van der Waals surface area contributed by atoms with Gasteiger partial charge in [0.1, 0.15) is 6.04 Å². The number of hydrogen-bond donors (Lipinski definition) is 2. The number of carbonyl (C=O) groups excluding carboxylic acids is 2. The SMILES string of the molecule is Cc1cc([C@H](C)NC(=O)[C@H](NC(=O)c2ccc([N+](=O)[O-])cc2Cl)C(C)C)c(C)s1. The van der Waals surface area contributed by atoms with Gasteiger partial charge in [0.05, 0.1) is 21.6 Å². The molecule has 0 aliphatic heterocycles. The second-order valence-electron chi connectivity index (χ2n) is 7.22. The lowest BCUT2D eigenvalue weighted by atomic mass is 10.0. The van der Waals surface area contributed by atoms with Crippen molar-refractivity contribution in [2.75, 3.05) is 0 Å². The molecule has 0 aliphatic rings. The zero-order valence-corrected chi connectivity index (χ0v) is 18.5. The van der Waals surface area contributed by atoms with Gasteiger partial charge in [-0.25, -0.2) is 0 Å². The van der Waals surface area contributed by atoms with E-state index in [1.807, 2.05) is 40.7 Å². The van der Waals surface area contributed by atoms with Gasteiger partial charge in [0, 0.05) is 21.9 Å². The third-order valence-electron chi connectivity index (χ3n) is 4.55. The van der Waals surface area contributed by atoms with Crippen LogP contribution in [-0.4, -0.2) is 22.8 Å². The molecule has 0 saturated carbocycles. The Bertz CT molecular complexity index is 942. The van der Waals surface area contributed by atoms with Crippen molar-refractivity contribution in [1.82, 2.24) is 10.6 Å². The van der Waals surface area contributed by atoms with Gasteiger partial charge < -0.3 is 10.6 Å². The van der Waals surface area contributed by atoms with Gasteiger partial charge in [-0.3, -0.25) is 19.7 Å². The van der Waals surface area contributed by atoms with Gasteiger partial charge in [0.25, 0.3) is 11.6 Å². The largest absolute Gasteiger partial charge is 0.348 e. The average Bonchev–Trinajstić information content (AvgIpc) is 2.97. The van der Waals surface area contributed by atoms with Crippen molar-refractivity contribution in [1.29, 1.82) is 0 Å². The molecule has 2 aromatic rings. The highest BCUT2D eigenvalue weighted by atomic mass is 35.5. The molecule has 1 aromatic heterocycles. The normalized spacial score (nSPS) is 13.1. The number of non-ortho nitro benzene ring substituents is 1. The zero-order chi connectivity index (χ0) is 21.9. The fraction of sp³-hybridized carbons (Fsp3) is 0.400. The Morgan fingerprint density at radius 2 is 1.79 bits per heavy atom. The van der Waals surface area contributed by atoms with Crippen molar-refractivity contribution >= 4 is 40.4 Å². The molecule has 2 rings (SSSR count). The number of hydrogen-bond acceptors (Lipinski definition) is 5. The number of nitro groups is 1. The van der Waals surface area contributed by atoms with Crippen molar-refractivity contribution in [3.63, 3.8) is 0 Å². The number of aryl methyl sites for hydroxylation is 2. The Kier molecular flexibility index (Phi) is 7.37. The summed E-state index contributed by atoms with van der Waals surface area (Å²) in [4.78, 5) is 38.0. The third kappa shape index (κ3) is 5.55. The van der Waals surface area contributed by atoms with Crippen LogP contribution in [0.1, 0.15) is 52.5 Å². The van der Waals surface area contributed by atoms with Crippen LogP contribution in [0.5, 0.6) is 0 Å². The van der Waals surface area contributed by atoms with Crippen LogP contribution in [0, 0.1) is 29.9 Å². The number of halogens is 1. The smallest absolute Gasteiger partial charge is 0.270 e. The lowest BCUT2D eigenvalue weighted by Gasteiger charge is -2.24. The summed E-state index contributed by atoms with van der Waals surface area (Å²) in [7, 11) is 0. The number of nitro benzene ring substituents is 1. The lowest BCUT2D eigenvalue weighted by molar-refractivity contribution is -0.384. The van der Waals surface area contributed by atoms with E-state index in [2.05, 4.69) is 10.6 Å². The second kappa shape index (κ2) is 9.37. The second-order valence-corrected chi connectivity index (χ2v) is 9.08. The van der Waals surface area contributed by atoms with E-state index in [1.165, 1.54) is 17.0 Å². The molecule has 0 bridgehead atoms. The number of nitrogens with one attached hydrogen (secondary N) is 2. The maximum atomic E-state index is 12.8.